The molecule has 0 aliphatic carbocycles. The number of aliphatic hydroxyl groups is 2. The van der Waals surface area contributed by atoms with Crippen molar-refractivity contribution in [1.82, 2.24) is 10.1 Å². The minimum atomic E-state index is -1.01. The Morgan fingerprint density at radius 2 is 1.09 bits per heavy atom. The third-order valence-corrected chi connectivity index (χ3v) is 4.25. The molecule has 0 aromatic carbocycles. The van der Waals surface area contributed by atoms with Crippen LogP contribution in [0.15, 0.2) is 0 Å². The van der Waals surface area contributed by atoms with Crippen LogP contribution in [0.25, 0.3) is 0 Å². The van der Waals surface area contributed by atoms with Gasteiger partial charge in [-0.15, -0.1) is 0 Å². The summed E-state index contributed by atoms with van der Waals surface area (Å²) in [6, 6.07) is 0. The van der Waals surface area contributed by atoms with E-state index in [1.807, 2.05) is 0 Å². The predicted molar refractivity (Wildman–Crippen MR) is 79.8 cm³/mol. The van der Waals surface area contributed by atoms with E-state index in [-0.39, 0.29) is 25.4 Å². The average molecular weight is 318 g/mol. The quantitative estimate of drug-likeness (QED) is 0.656. The molecule has 2 rings (SSSR count). The number of nitrogens with zero attached hydrogens (tertiary/aromatic N) is 2. The van der Waals surface area contributed by atoms with Crippen molar-refractivity contribution in [2.24, 2.45) is 0 Å². The monoisotopic (exact) mass is 318 g/mol. The lowest BCUT2D eigenvalue weighted by molar-refractivity contribution is -0.105. The van der Waals surface area contributed by atoms with Gasteiger partial charge in [-0.2, -0.15) is 0 Å². The number of piperidine rings is 2. The smallest absolute Gasteiger partial charge is 0.105 e. The highest BCUT2D eigenvalue weighted by atomic mass is 16.5. The first-order valence-electron chi connectivity index (χ1n) is 7.98. The number of ether oxygens (including phenoxy) is 2. The van der Waals surface area contributed by atoms with Gasteiger partial charge in [0.15, 0.2) is 0 Å². The zero-order valence-electron chi connectivity index (χ0n) is 12.8. The molecule has 0 radical (unpaired) electrons. The summed E-state index contributed by atoms with van der Waals surface area (Å²) in [5, 5.41) is 43.9. The van der Waals surface area contributed by atoms with Gasteiger partial charge in [0.05, 0.1) is 25.4 Å². The summed E-state index contributed by atoms with van der Waals surface area (Å²) < 4.78 is 11.1. The van der Waals surface area contributed by atoms with Crippen LogP contribution in [-0.4, -0.2) is 84.1 Å². The van der Waals surface area contributed by atoms with Crippen molar-refractivity contribution in [2.75, 3.05) is 39.4 Å². The molecule has 2 heterocycles. The van der Waals surface area contributed by atoms with Gasteiger partial charge in [0.2, 0.25) is 0 Å². The summed E-state index contributed by atoms with van der Waals surface area (Å²) >= 11 is 0. The number of hydrogen-bond donors (Lipinski definition) is 2. The van der Waals surface area contributed by atoms with Crippen molar-refractivity contribution in [3.63, 3.8) is 0 Å². The topological polar surface area (TPSA) is 112 Å². The zero-order valence-corrected chi connectivity index (χ0v) is 12.8. The van der Waals surface area contributed by atoms with Crippen LogP contribution in [0.3, 0.4) is 0 Å². The Kier molecular flexibility index (Phi) is 7.45. The third-order valence-electron chi connectivity index (χ3n) is 4.25. The van der Waals surface area contributed by atoms with Crippen LogP contribution in [0, 0.1) is 10.4 Å². The van der Waals surface area contributed by atoms with Crippen molar-refractivity contribution < 1.29 is 19.7 Å². The summed E-state index contributed by atoms with van der Waals surface area (Å²) in [7, 11) is 0. The Labute approximate surface area is 130 Å². The van der Waals surface area contributed by atoms with Crippen molar-refractivity contribution in [3.8, 4) is 0 Å². The Morgan fingerprint density at radius 3 is 1.41 bits per heavy atom. The molecule has 0 aromatic heterocycles. The number of aliphatic hydroxyl groups excluding tert-OH is 2. The van der Waals surface area contributed by atoms with E-state index in [2.05, 4.69) is 0 Å². The molecule has 2 saturated heterocycles. The molecule has 8 heteroatoms. The third kappa shape index (κ3) is 6.05. The molecular weight excluding hydrogens is 292 g/mol. The molecule has 0 amide bonds. The van der Waals surface area contributed by atoms with Gasteiger partial charge < -0.3 is 40.2 Å². The van der Waals surface area contributed by atoms with Crippen LogP contribution in [0.1, 0.15) is 25.7 Å². The van der Waals surface area contributed by atoms with E-state index >= 15 is 0 Å². The van der Waals surface area contributed by atoms with Gasteiger partial charge in [0.25, 0.3) is 0 Å². The van der Waals surface area contributed by atoms with E-state index in [0.717, 1.165) is 10.1 Å². The van der Waals surface area contributed by atoms with Gasteiger partial charge in [-0.25, -0.2) is 0 Å². The summed E-state index contributed by atoms with van der Waals surface area (Å²) in [5.41, 5.74) is 0. The molecule has 0 spiro atoms. The van der Waals surface area contributed by atoms with Crippen LogP contribution < -0.4 is 0 Å². The maximum atomic E-state index is 11.0. The molecule has 2 aliphatic heterocycles. The lowest BCUT2D eigenvalue weighted by Crippen LogP contribution is -2.40. The second kappa shape index (κ2) is 9.09. The van der Waals surface area contributed by atoms with Crippen molar-refractivity contribution in [1.29, 1.82) is 0 Å². The summed E-state index contributed by atoms with van der Waals surface area (Å²) in [6.45, 7) is 1.87. The highest BCUT2D eigenvalue weighted by Crippen LogP contribution is 2.15. The van der Waals surface area contributed by atoms with Gasteiger partial charge in [-0.1, -0.05) is 0 Å². The van der Waals surface area contributed by atoms with Gasteiger partial charge in [0.1, 0.15) is 12.2 Å². The SMILES string of the molecule is [O-]N1CCC(OCC(O)C(O)COC2CCN([O-])CC2)CC1. The first-order valence-corrected chi connectivity index (χ1v) is 7.98. The standard InChI is InChI=1S/C14H26N2O6/c17-13(9-21-11-1-5-15(19)6-2-11)14(18)10-22-12-3-7-16(20)8-4-12/h11-14,17-18H,1-10H2/q-2. The van der Waals surface area contributed by atoms with E-state index in [0.29, 0.717) is 51.9 Å². The Balaban J connectivity index is 1.57. The van der Waals surface area contributed by atoms with Crippen molar-refractivity contribution in [3.05, 3.63) is 10.4 Å². The summed E-state index contributed by atoms with van der Waals surface area (Å²) in [5.74, 6) is 0. The fourth-order valence-electron chi connectivity index (χ4n) is 2.69. The van der Waals surface area contributed by atoms with Crippen molar-refractivity contribution >= 4 is 0 Å². The maximum absolute atomic E-state index is 11.0. The van der Waals surface area contributed by atoms with E-state index in [1.54, 1.807) is 0 Å². The highest BCUT2D eigenvalue weighted by molar-refractivity contribution is 4.76. The lowest BCUT2D eigenvalue weighted by Gasteiger charge is -2.37. The molecule has 130 valence electrons. The average Bonchev–Trinajstić information content (AvgIpc) is 2.53. The Bertz CT molecular complexity index is 276. The van der Waals surface area contributed by atoms with Gasteiger partial charge in [-0.3, -0.25) is 0 Å². The number of hydrogen-bond acceptors (Lipinski definition) is 8. The van der Waals surface area contributed by atoms with E-state index in [4.69, 9.17) is 9.47 Å². The van der Waals surface area contributed by atoms with E-state index < -0.39 is 12.2 Å². The molecule has 0 aromatic rings. The normalized spacial score (nSPS) is 26.2. The summed E-state index contributed by atoms with van der Waals surface area (Å²) in [6.07, 6.45) is 0.513. The summed E-state index contributed by atoms with van der Waals surface area (Å²) in [4.78, 5) is 0. The molecule has 22 heavy (non-hydrogen) atoms. The molecule has 2 fully saturated rings. The van der Waals surface area contributed by atoms with Crippen molar-refractivity contribution in [2.45, 2.75) is 50.1 Å². The molecule has 8 nitrogen and oxygen atoms in total. The second-order valence-electron chi connectivity index (χ2n) is 6.06. The van der Waals surface area contributed by atoms with Gasteiger partial charge in [0, 0.05) is 0 Å². The minimum absolute atomic E-state index is 0.0330. The molecule has 2 atom stereocenters. The van der Waals surface area contributed by atoms with E-state index in [9.17, 15) is 20.6 Å². The molecular formula is C14H26N2O6-2. The molecule has 2 N–H and O–H groups in total. The minimum Gasteiger partial charge on any atom is -0.785 e. The van der Waals surface area contributed by atoms with Crippen LogP contribution in [0.5, 0.6) is 0 Å². The molecule has 0 saturated carbocycles. The predicted octanol–water partition coefficient (Wildman–Crippen LogP) is -0.334. The van der Waals surface area contributed by atoms with Gasteiger partial charge in [-0.05, 0) is 51.9 Å². The molecule has 2 aliphatic rings. The fourth-order valence-corrected chi connectivity index (χ4v) is 2.69. The van der Waals surface area contributed by atoms with E-state index in [1.165, 1.54) is 0 Å². The lowest BCUT2D eigenvalue weighted by atomic mass is 10.1. The Morgan fingerprint density at radius 1 is 0.773 bits per heavy atom. The number of hydroxylamine groups is 4. The first kappa shape index (κ1) is 18.0. The van der Waals surface area contributed by atoms with Crippen LogP contribution >= 0.6 is 0 Å². The molecule has 0 bridgehead atoms. The fraction of sp³-hybridized carbons (Fsp3) is 1.00. The largest absolute Gasteiger partial charge is 0.785 e. The maximum Gasteiger partial charge on any atom is 0.105 e. The van der Waals surface area contributed by atoms with Crippen LogP contribution in [0.4, 0.5) is 0 Å². The van der Waals surface area contributed by atoms with Crippen LogP contribution in [0.2, 0.25) is 0 Å². The number of rotatable bonds is 7. The first-order chi connectivity index (χ1) is 10.5. The highest BCUT2D eigenvalue weighted by Gasteiger charge is 2.23. The Hall–Kier alpha value is -0.320. The van der Waals surface area contributed by atoms with Crippen LogP contribution in [-0.2, 0) is 9.47 Å². The van der Waals surface area contributed by atoms with Gasteiger partial charge >= 0.3 is 0 Å². The zero-order chi connectivity index (χ0) is 15.9. The second-order valence-corrected chi connectivity index (χ2v) is 6.06. The molecule has 2 unspecified atom stereocenters.